The Balaban J connectivity index is 1.55. The van der Waals surface area contributed by atoms with E-state index in [0.717, 1.165) is 29.7 Å². The molecule has 2 heterocycles. The van der Waals surface area contributed by atoms with E-state index in [2.05, 4.69) is 30.8 Å². The van der Waals surface area contributed by atoms with E-state index in [1.807, 2.05) is 24.3 Å². The highest BCUT2D eigenvalue weighted by Gasteiger charge is 2.35. The Labute approximate surface area is 159 Å². The predicted molar refractivity (Wildman–Crippen MR) is 101 cm³/mol. The van der Waals surface area contributed by atoms with E-state index in [1.54, 1.807) is 0 Å². The quantitative estimate of drug-likeness (QED) is 0.764. The molecule has 2 aliphatic rings. The van der Waals surface area contributed by atoms with Crippen LogP contribution in [0.5, 0.6) is 0 Å². The molecule has 0 unspecified atom stereocenters. The molecule has 26 heavy (non-hydrogen) atoms. The molecule has 6 nitrogen and oxygen atoms in total. The molecule has 1 aromatic carbocycles. The van der Waals surface area contributed by atoms with Crippen molar-refractivity contribution >= 4 is 33.2 Å². The predicted octanol–water partition coefficient (Wildman–Crippen LogP) is 3.41. The number of carbonyl (C=O) groups is 2. The molecule has 0 amide bonds. The van der Waals surface area contributed by atoms with Crippen molar-refractivity contribution in [3.05, 3.63) is 40.2 Å². The summed E-state index contributed by atoms with van der Waals surface area (Å²) < 4.78 is 6.56. The molecule has 2 aromatic rings. The third kappa shape index (κ3) is 3.41. The number of hydrogen-bond donors (Lipinski definition) is 0. The number of nitrogens with zero attached hydrogens (tertiary/aromatic N) is 3. The number of ketones is 2. The van der Waals surface area contributed by atoms with Gasteiger partial charge in [0.25, 0.3) is 0 Å². The maximum absolute atomic E-state index is 12.7. The second-order valence-corrected chi connectivity index (χ2v) is 7.43. The molecule has 0 N–H and O–H groups in total. The summed E-state index contributed by atoms with van der Waals surface area (Å²) in [5.74, 6) is -0.245. The Kier molecular flexibility index (Phi) is 4.82. The number of aliphatic imine (C=N–C) groups is 1. The first kappa shape index (κ1) is 17.3. The summed E-state index contributed by atoms with van der Waals surface area (Å²) in [5, 5.41) is 0. The summed E-state index contributed by atoms with van der Waals surface area (Å²) in [7, 11) is 0. The van der Waals surface area contributed by atoms with Crippen LogP contribution in [0.3, 0.4) is 0 Å². The van der Waals surface area contributed by atoms with E-state index in [0.29, 0.717) is 6.54 Å². The van der Waals surface area contributed by atoms with Crippen molar-refractivity contribution in [2.45, 2.75) is 19.3 Å². The molecular weight excluding hydrogens is 398 g/mol. The minimum Gasteiger partial charge on any atom is -0.432 e. The smallest absolute Gasteiger partial charge is 0.244 e. The summed E-state index contributed by atoms with van der Waals surface area (Å²) in [4.78, 5) is 36.0. The molecule has 1 saturated heterocycles. The van der Waals surface area contributed by atoms with Crippen LogP contribution < -0.4 is 0 Å². The highest BCUT2D eigenvalue weighted by molar-refractivity contribution is 9.10. The number of rotatable bonds is 4. The Morgan fingerprint density at radius 1 is 1.15 bits per heavy atom. The highest BCUT2D eigenvalue weighted by atomic mass is 79.9. The number of Topliss-reactive ketones (excluding diaryl/α,β-unsaturated/α-hetero) is 2. The van der Waals surface area contributed by atoms with Crippen LogP contribution in [0.15, 0.2) is 38.1 Å². The zero-order chi connectivity index (χ0) is 18.1. The van der Waals surface area contributed by atoms with Gasteiger partial charge in [-0.15, -0.1) is 0 Å². The molecule has 0 saturated carbocycles. The molecule has 134 valence electrons. The molecule has 1 aliphatic heterocycles. The minimum absolute atomic E-state index is 0.00184. The van der Waals surface area contributed by atoms with Gasteiger partial charge in [-0.1, -0.05) is 15.9 Å². The normalized spacial score (nSPS) is 19.3. The van der Waals surface area contributed by atoms with E-state index in [4.69, 9.17) is 4.42 Å². The summed E-state index contributed by atoms with van der Waals surface area (Å²) in [6.07, 6.45) is 2.43. The Bertz CT molecular complexity index is 880. The fraction of sp³-hybridized carbons (Fsp3) is 0.368. The zero-order valence-electron chi connectivity index (χ0n) is 14.2. The average Bonchev–Trinajstić information content (AvgIpc) is 3.30. The molecule has 7 heteroatoms. The molecule has 0 radical (unpaired) electrons. The topological polar surface area (TPSA) is 75.8 Å². The summed E-state index contributed by atoms with van der Waals surface area (Å²) in [6, 6.07) is 7.35. The number of hydrogen-bond acceptors (Lipinski definition) is 6. The molecule has 0 spiro atoms. The van der Waals surface area contributed by atoms with Crippen LogP contribution >= 0.6 is 15.9 Å². The van der Waals surface area contributed by atoms with Crippen molar-refractivity contribution in [1.29, 1.82) is 0 Å². The van der Waals surface area contributed by atoms with Gasteiger partial charge in [0.15, 0.2) is 11.5 Å². The molecule has 1 fully saturated rings. The maximum Gasteiger partial charge on any atom is 0.244 e. The summed E-state index contributed by atoms with van der Waals surface area (Å²) >= 11 is 3.37. The second-order valence-electron chi connectivity index (χ2n) is 6.51. The van der Waals surface area contributed by atoms with Gasteiger partial charge in [0.05, 0.1) is 18.7 Å². The van der Waals surface area contributed by atoms with Crippen LogP contribution in [-0.2, 0) is 0 Å². The minimum atomic E-state index is -0.322. The number of halogens is 1. The van der Waals surface area contributed by atoms with Crippen molar-refractivity contribution in [2.24, 2.45) is 4.99 Å². The Hall–Kier alpha value is -2.12. The fourth-order valence-corrected chi connectivity index (χ4v) is 3.55. The third-order valence-corrected chi connectivity index (χ3v) is 5.23. The lowest BCUT2D eigenvalue weighted by Crippen LogP contribution is -2.28. The van der Waals surface area contributed by atoms with Crippen LogP contribution in [0.1, 0.15) is 40.3 Å². The first-order valence-electron chi connectivity index (χ1n) is 8.72. The first-order chi connectivity index (χ1) is 12.6. The first-order valence-corrected chi connectivity index (χ1v) is 9.51. The molecule has 0 bridgehead atoms. The van der Waals surface area contributed by atoms with E-state index < -0.39 is 0 Å². The lowest BCUT2D eigenvalue weighted by molar-refractivity contribution is 0.0949. The van der Waals surface area contributed by atoms with Crippen molar-refractivity contribution < 1.29 is 14.0 Å². The molecular formula is C19H18BrN3O3. The monoisotopic (exact) mass is 415 g/mol. The average molecular weight is 416 g/mol. The van der Waals surface area contributed by atoms with Gasteiger partial charge in [0.2, 0.25) is 17.4 Å². The Morgan fingerprint density at radius 3 is 2.62 bits per heavy atom. The van der Waals surface area contributed by atoms with Crippen LogP contribution in [0, 0.1) is 0 Å². The largest absolute Gasteiger partial charge is 0.432 e. The van der Waals surface area contributed by atoms with Gasteiger partial charge in [-0.25, -0.2) is 4.98 Å². The van der Waals surface area contributed by atoms with E-state index in [-0.39, 0.29) is 41.0 Å². The van der Waals surface area contributed by atoms with Crippen molar-refractivity contribution in [1.82, 2.24) is 9.88 Å². The van der Waals surface area contributed by atoms with Crippen LogP contribution in [-0.4, -0.2) is 53.3 Å². The zero-order valence-corrected chi connectivity index (χ0v) is 15.8. The number of aromatic nitrogens is 1. The number of benzene rings is 1. The van der Waals surface area contributed by atoms with Crippen molar-refractivity contribution in [3.8, 4) is 11.5 Å². The van der Waals surface area contributed by atoms with Crippen LogP contribution in [0.2, 0.25) is 0 Å². The molecule has 4 rings (SSSR count). The highest BCUT2D eigenvalue weighted by Crippen LogP contribution is 2.27. The van der Waals surface area contributed by atoms with E-state index >= 15 is 0 Å². The van der Waals surface area contributed by atoms with Gasteiger partial charge >= 0.3 is 0 Å². The summed E-state index contributed by atoms with van der Waals surface area (Å²) in [6.45, 7) is 3.51. The third-order valence-electron chi connectivity index (χ3n) is 4.70. The molecule has 1 aliphatic carbocycles. The fourth-order valence-electron chi connectivity index (χ4n) is 3.29. The van der Waals surface area contributed by atoms with Crippen LogP contribution in [0.4, 0.5) is 0 Å². The number of carbonyl (C=O) groups excluding carboxylic acids is 2. The number of fused-ring (bicyclic) bond motifs is 1. The van der Waals surface area contributed by atoms with Gasteiger partial charge in [-0.3, -0.25) is 14.6 Å². The summed E-state index contributed by atoms with van der Waals surface area (Å²) in [5.41, 5.74) is 1.11. The number of likely N-dealkylation sites (tertiary alicyclic amines) is 1. The standard InChI is InChI=1S/C19H18BrN3O3/c20-13-5-3-12(4-6-13)19-22-16-15(24)11-14(17(25)18(16)26-19)21-7-10-23-8-1-2-9-23/h3-6H,1-2,7-11H2. The van der Waals surface area contributed by atoms with Gasteiger partial charge in [0, 0.05) is 16.6 Å². The van der Waals surface area contributed by atoms with Gasteiger partial charge in [-0.05, 0) is 50.2 Å². The lowest BCUT2D eigenvalue weighted by atomic mass is 9.97. The van der Waals surface area contributed by atoms with Gasteiger partial charge < -0.3 is 9.32 Å². The molecule has 0 atom stereocenters. The second kappa shape index (κ2) is 7.25. The van der Waals surface area contributed by atoms with E-state index in [1.165, 1.54) is 12.8 Å². The molecule has 1 aromatic heterocycles. The Morgan fingerprint density at radius 2 is 1.88 bits per heavy atom. The van der Waals surface area contributed by atoms with Gasteiger partial charge in [0.1, 0.15) is 0 Å². The maximum atomic E-state index is 12.7. The number of oxazole rings is 1. The lowest BCUT2D eigenvalue weighted by Gasteiger charge is -2.13. The van der Waals surface area contributed by atoms with Crippen molar-refractivity contribution in [2.75, 3.05) is 26.2 Å². The van der Waals surface area contributed by atoms with Gasteiger partial charge in [-0.2, -0.15) is 0 Å². The van der Waals surface area contributed by atoms with Crippen molar-refractivity contribution in [3.63, 3.8) is 0 Å². The van der Waals surface area contributed by atoms with Crippen LogP contribution in [0.25, 0.3) is 11.5 Å². The van der Waals surface area contributed by atoms with E-state index in [9.17, 15) is 9.59 Å². The SMILES string of the molecule is O=C1CC(=NCCN2CCCC2)C(=O)c2oc(-c3ccc(Br)cc3)nc21.